The second kappa shape index (κ2) is 7.12. The second-order valence-electron chi connectivity index (χ2n) is 9.91. The Morgan fingerprint density at radius 3 is 2.44 bits per heavy atom. The number of nitrogens with zero attached hydrogens (tertiary/aromatic N) is 2. The molecular weight excluding hydrogens is 336 g/mol. The van der Waals surface area contributed by atoms with Crippen LogP contribution in [0, 0.1) is 5.41 Å². The highest BCUT2D eigenvalue weighted by atomic mass is 16.6. The molecule has 1 aromatic carbocycles. The van der Waals surface area contributed by atoms with Crippen LogP contribution >= 0.6 is 0 Å². The van der Waals surface area contributed by atoms with Gasteiger partial charge in [0.15, 0.2) is 0 Å². The van der Waals surface area contributed by atoms with E-state index in [1.54, 1.807) is 0 Å². The molecule has 2 atom stereocenters. The van der Waals surface area contributed by atoms with Crippen LogP contribution in [0.1, 0.15) is 64.4 Å². The van der Waals surface area contributed by atoms with E-state index in [-0.39, 0.29) is 6.09 Å². The van der Waals surface area contributed by atoms with Crippen molar-refractivity contribution in [3.05, 3.63) is 35.9 Å². The predicted octanol–water partition coefficient (Wildman–Crippen LogP) is 4.66. The van der Waals surface area contributed by atoms with Gasteiger partial charge in [0.25, 0.3) is 0 Å². The Balaban J connectivity index is 1.46. The number of likely N-dealkylation sites (tertiary alicyclic amines) is 1. The van der Waals surface area contributed by atoms with Crippen molar-refractivity contribution in [3.63, 3.8) is 0 Å². The lowest BCUT2D eigenvalue weighted by Crippen LogP contribution is -2.44. The van der Waals surface area contributed by atoms with Gasteiger partial charge in [0.2, 0.25) is 0 Å². The summed E-state index contributed by atoms with van der Waals surface area (Å²) in [7, 11) is 0. The largest absolute Gasteiger partial charge is 0.444 e. The average Bonchev–Trinajstić information content (AvgIpc) is 3.50. The van der Waals surface area contributed by atoms with Crippen molar-refractivity contribution in [1.29, 1.82) is 0 Å². The molecule has 1 heterocycles. The van der Waals surface area contributed by atoms with E-state index < -0.39 is 5.60 Å². The number of hydrogen-bond donors (Lipinski definition) is 0. The Morgan fingerprint density at radius 1 is 1.19 bits per heavy atom. The zero-order chi connectivity index (χ0) is 19.1. The molecule has 0 aromatic heterocycles. The van der Waals surface area contributed by atoms with Crippen LogP contribution in [0.3, 0.4) is 0 Å². The monoisotopic (exact) mass is 370 g/mol. The van der Waals surface area contributed by atoms with Gasteiger partial charge in [-0.3, -0.25) is 0 Å². The van der Waals surface area contributed by atoms with Crippen LogP contribution in [0.15, 0.2) is 30.3 Å². The summed E-state index contributed by atoms with van der Waals surface area (Å²) in [6.07, 6.45) is 6.06. The molecule has 0 spiro atoms. The molecule has 148 valence electrons. The van der Waals surface area contributed by atoms with Gasteiger partial charge in [0.05, 0.1) is 0 Å². The minimum Gasteiger partial charge on any atom is -0.444 e. The Bertz CT molecular complexity index is 657. The number of rotatable bonds is 6. The fourth-order valence-corrected chi connectivity index (χ4v) is 4.54. The van der Waals surface area contributed by atoms with Gasteiger partial charge in [-0.2, -0.15) is 0 Å². The topological polar surface area (TPSA) is 32.8 Å². The molecule has 4 heteroatoms. The van der Waals surface area contributed by atoms with Crippen molar-refractivity contribution in [2.24, 2.45) is 5.41 Å². The lowest BCUT2D eigenvalue weighted by molar-refractivity contribution is 0.0174. The molecule has 2 aliphatic carbocycles. The number of benzene rings is 1. The van der Waals surface area contributed by atoms with Crippen LogP contribution in [-0.4, -0.2) is 53.7 Å². The first-order valence-electron chi connectivity index (χ1n) is 10.6. The molecule has 1 saturated heterocycles. The number of amides is 1. The average molecular weight is 371 g/mol. The summed E-state index contributed by atoms with van der Waals surface area (Å²) in [5.74, 6) is 0.460. The van der Waals surface area contributed by atoms with Crippen LogP contribution in [0.25, 0.3) is 0 Å². The van der Waals surface area contributed by atoms with E-state index in [1.807, 2.05) is 20.8 Å². The third-order valence-electron chi connectivity index (χ3n) is 6.23. The van der Waals surface area contributed by atoms with Crippen LogP contribution < -0.4 is 0 Å². The number of hydrogen-bond acceptors (Lipinski definition) is 3. The van der Waals surface area contributed by atoms with Gasteiger partial charge in [-0.25, -0.2) is 4.79 Å². The highest BCUT2D eigenvalue weighted by Gasteiger charge is 2.52. The number of carbonyl (C=O) groups excluding carboxylic acids is 1. The van der Waals surface area contributed by atoms with Crippen molar-refractivity contribution in [3.8, 4) is 0 Å². The lowest BCUT2D eigenvalue weighted by Gasteiger charge is -2.32. The summed E-state index contributed by atoms with van der Waals surface area (Å²) in [6, 6.07) is 10.9. The van der Waals surface area contributed by atoms with Gasteiger partial charge in [0.1, 0.15) is 5.60 Å². The van der Waals surface area contributed by atoms with Crippen LogP contribution in [0.5, 0.6) is 0 Å². The quantitative estimate of drug-likeness (QED) is 0.730. The summed E-state index contributed by atoms with van der Waals surface area (Å²) in [6.45, 7) is 10.3. The predicted molar refractivity (Wildman–Crippen MR) is 108 cm³/mol. The van der Waals surface area contributed by atoms with E-state index in [1.165, 1.54) is 44.3 Å². The Hall–Kier alpha value is -1.55. The van der Waals surface area contributed by atoms with Gasteiger partial charge in [0, 0.05) is 30.5 Å². The maximum absolute atomic E-state index is 13.0. The minimum absolute atomic E-state index is 0.126. The number of carbonyl (C=O) groups is 1. The standard InChI is InChI=1S/C23H34N2O2/c1-22(2,3)27-21(26)25(20-15-19(20)18-9-5-4-6-10-18)17-23(11-12-23)16-24-13-7-8-14-24/h4-6,9-10,19-20H,7-8,11-17H2,1-3H3/t19?,20-/m0/s1. The van der Waals surface area contributed by atoms with Crippen molar-refractivity contribution < 1.29 is 9.53 Å². The molecule has 27 heavy (non-hydrogen) atoms. The molecule has 3 fully saturated rings. The summed E-state index contributed by atoms with van der Waals surface area (Å²) in [5.41, 5.74) is 1.20. The van der Waals surface area contributed by atoms with Gasteiger partial charge in [-0.1, -0.05) is 30.3 Å². The van der Waals surface area contributed by atoms with Gasteiger partial charge >= 0.3 is 6.09 Å². The maximum atomic E-state index is 13.0. The molecule has 0 N–H and O–H groups in total. The summed E-state index contributed by atoms with van der Waals surface area (Å²) < 4.78 is 5.80. The van der Waals surface area contributed by atoms with E-state index in [4.69, 9.17) is 4.74 Å². The molecule has 0 bridgehead atoms. The van der Waals surface area contributed by atoms with Crippen LogP contribution in [0.2, 0.25) is 0 Å². The third-order valence-corrected chi connectivity index (χ3v) is 6.23. The molecule has 1 aromatic rings. The van der Waals surface area contributed by atoms with E-state index in [9.17, 15) is 4.79 Å². The van der Waals surface area contributed by atoms with Gasteiger partial charge in [-0.15, -0.1) is 0 Å². The van der Waals surface area contributed by atoms with Crippen molar-refractivity contribution in [2.45, 2.75) is 70.4 Å². The van der Waals surface area contributed by atoms with Crippen LogP contribution in [-0.2, 0) is 4.74 Å². The van der Waals surface area contributed by atoms with Gasteiger partial charge in [-0.05, 0) is 71.5 Å². The Labute approximate surface area is 163 Å². The van der Waals surface area contributed by atoms with Crippen LogP contribution in [0.4, 0.5) is 4.79 Å². The molecule has 4 nitrogen and oxygen atoms in total. The highest BCUT2D eigenvalue weighted by Crippen LogP contribution is 2.51. The Kier molecular flexibility index (Phi) is 4.96. The summed E-state index contributed by atoms with van der Waals surface area (Å²) in [4.78, 5) is 17.7. The summed E-state index contributed by atoms with van der Waals surface area (Å²) in [5, 5.41) is 0. The maximum Gasteiger partial charge on any atom is 0.410 e. The van der Waals surface area contributed by atoms with Gasteiger partial charge < -0.3 is 14.5 Å². The fraction of sp³-hybridized carbons (Fsp3) is 0.696. The molecule has 0 radical (unpaired) electrons. The molecule has 1 aliphatic heterocycles. The molecule has 2 saturated carbocycles. The zero-order valence-corrected chi connectivity index (χ0v) is 17.1. The normalized spacial score (nSPS) is 26.6. The third kappa shape index (κ3) is 4.66. The van der Waals surface area contributed by atoms with E-state index in [0.29, 0.717) is 17.4 Å². The van der Waals surface area contributed by atoms with E-state index in [2.05, 4.69) is 40.1 Å². The first kappa shape index (κ1) is 18.8. The highest BCUT2D eigenvalue weighted by molar-refractivity contribution is 5.69. The molecule has 1 unspecified atom stereocenters. The molecular formula is C23H34N2O2. The first-order valence-corrected chi connectivity index (χ1v) is 10.6. The second-order valence-corrected chi connectivity index (χ2v) is 9.91. The summed E-state index contributed by atoms with van der Waals surface area (Å²) >= 11 is 0. The molecule has 3 aliphatic rings. The zero-order valence-electron chi connectivity index (χ0n) is 17.1. The van der Waals surface area contributed by atoms with E-state index in [0.717, 1.165) is 19.5 Å². The fourth-order valence-electron chi connectivity index (χ4n) is 4.54. The van der Waals surface area contributed by atoms with Crippen molar-refractivity contribution in [2.75, 3.05) is 26.2 Å². The molecule has 1 amide bonds. The Morgan fingerprint density at radius 2 is 1.85 bits per heavy atom. The van der Waals surface area contributed by atoms with Crippen molar-refractivity contribution >= 4 is 6.09 Å². The lowest BCUT2D eigenvalue weighted by atomic mass is 10.1. The van der Waals surface area contributed by atoms with E-state index >= 15 is 0 Å². The minimum atomic E-state index is -0.446. The first-order chi connectivity index (χ1) is 12.9. The number of ether oxygens (including phenoxy) is 1. The smallest absolute Gasteiger partial charge is 0.410 e. The van der Waals surface area contributed by atoms with Crippen molar-refractivity contribution in [1.82, 2.24) is 9.80 Å². The SMILES string of the molecule is CC(C)(C)OC(=O)N(CC1(CN2CCCC2)CC1)[C@H]1CC1c1ccccc1. The molecule has 4 rings (SSSR count).